The van der Waals surface area contributed by atoms with Gasteiger partial charge in [-0.05, 0) is 31.4 Å². The minimum atomic E-state index is -0.635. The van der Waals surface area contributed by atoms with E-state index in [-0.39, 0.29) is 18.6 Å². The van der Waals surface area contributed by atoms with Crippen LogP contribution in [0.1, 0.15) is 26.2 Å². The first kappa shape index (κ1) is 13.9. The van der Waals surface area contributed by atoms with E-state index in [4.69, 9.17) is 4.74 Å². The molecule has 1 heterocycles. The number of nitrogens with zero attached hydrogens (tertiary/aromatic N) is 1. The number of carbonyl (C=O) groups excluding carboxylic acids is 1. The van der Waals surface area contributed by atoms with E-state index in [1.54, 1.807) is 11.8 Å². The summed E-state index contributed by atoms with van der Waals surface area (Å²) in [5.41, 5.74) is 0. The maximum Gasteiger partial charge on any atom is 0.219 e. The molecule has 1 fully saturated rings. The molecule has 1 aromatic carbocycles. The number of piperidine rings is 1. The minimum absolute atomic E-state index is 0.0310. The standard InChI is InChI=1S/C15H21NO3/c1-12(17)16-10-6-5-9-14(16)15(18)11-19-13-7-3-2-4-8-13/h2-4,7-8,14-15,18H,5-6,9-11H2,1H3/t14-,15-/m1/s1. The third-order valence-electron chi connectivity index (χ3n) is 3.56. The van der Waals surface area contributed by atoms with Gasteiger partial charge in [0.1, 0.15) is 18.5 Å². The van der Waals surface area contributed by atoms with Crippen molar-refractivity contribution in [2.75, 3.05) is 13.2 Å². The predicted molar refractivity (Wildman–Crippen MR) is 73.0 cm³/mol. The van der Waals surface area contributed by atoms with E-state index in [9.17, 15) is 9.90 Å². The Labute approximate surface area is 114 Å². The monoisotopic (exact) mass is 263 g/mol. The van der Waals surface area contributed by atoms with Crippen LogP contribution in [0.15, 0.2) is 30.3 Å². The molecule has 104 valence electrons. The summed E-state index contributed by atoms with van der Waals surface area (Å²) in [4.78, 5) is 13.3. The lowest BCUT2D eigenvalue weighted by Crippen LogP contribution is -2.50. The Kier molecular flexibility index (Phi) is 4.80. The Morgan fingerprint density at radius 2 is 2.16 bits per heavy atom. The number of aliphatic hydroxyl groups is 1. The molecule has 0 unspecified atom stereocenters. The first-order chi connectivity index (χ1) is 9.18. The lowest BCUT2D eigenvalue weighted by atomic mass is 9.97. The summed E-state index contributed by atoms with van der Waals surface area (Å²) in [6.07, 6.45) is 2.28. The van der Waals surface area contributed by atoms with Crippen molar-refractivity contribution < 1.29 is 14.6 Å². The topological polar surface area (TPSA) is 49.8 Å². The predicted octanol–water partition coefficient (Wildman–Crippen LogP) is 1.83. The molecule has 1 amide bonds. The lowest BCUT2D eigenvalue weighted by molar-refractivity contribution is -0.136. The van der Waals surface area contributed by atoms with E-state index in [2.05, 4.69) is 0 Å². The Balaban J connectivity index is 1.90. The first-order valence-corrected chi connectivity index (χ1v) is 6.81. The van der Waals surface area contributed by atoms with Gasteiger partial charge in [0.05, 0.1) is 6.04 Å². The van der Waals surface area contributed by atoms with Crippen molar-refractivity contribution in [1.82, 2.24) is 4.90 Å². The highest BCUT2D eigenvalue weighted by atomic mass is 16.5. The van der Waals surface area contributed by atoms with E-state index < -0.39 is 6.10 Å². The smallest absolute Gasteiger partial charge is 0.219 e. The van der Waals surface area contributed by atoms with Crippen molar-refractivity contribution >= 4 is 5.91 Å². The molecule has 0 aromatic heterocycles. The molecular weight excluding hydrogens is 242 g/mol. The van der Waals surface area contributed by atoms with Crippen LogP contribution in [0.4, 0.5) is 0 Å². The van der Waals surface area contributed by atoms with Gasteiger partial charge in [-0.15, -0.1) is 0 Å². The third kappa shape index (κ3) is 3.70. The van der Waals surface area contributed by atoms with Gasteiger partial charge >= 0.3 is 0 Å². The van der Waals surface area contributed by atoms with E-state index >= 15 is 0 Å². The number of hydrogen-bond acceptors (Lipinski definition) is 3. The number of rotatable bonds is 4. The second-order valence-corrected chi connectivity index (χ2v) is 4.97. The SMILES string of the molecule is CC(=O)N1CCCC[C@@H]1[C@H](O)COc1ccccc1. The van der Waals surface area contributed by atoms with Gasteiger partial charge in [-0.3, -0.25) is 4.79 Å². The minimum Gasteiger partial charge on any atom is -0.491 e. The van der Waals surface area contributed by atoms with Gasteiger partial charge in [0.15, 0.2) is 0 Å². The van der Waals surface area contributed by atoms with Gasteiger partial charge in [0.25, 0.3) is 0 Å². The summed E-state index contributed by atoms with van der Waals surface area (Å²) in [7, 11) is 0. The molecule has 0 radical (unpaired) electrons. The number of ether oxygens (including phenoxy) is 1. The number of likely N-dealkylation sites (tertiary alicyclic amines) is 1. The molecular formula is C15H21NO3. The van der Waals surface area contributed by atoms with Crippen LogP contribution in [0.2, 0.25) is 0 Å². The number of benzene rings is 1. The number of para-hydroxylation sites is 1. The molecule has 2 rings (SSSR count). The average Bonchev–Trinajstić information content (AvgIpc) is 2.46. The average molecular weight is 263 g/mol. The van der Waals surface area contributed by atoms with Crippen molar-refractivity contribution in [3.8, 4) is 5.75 Å². The van der Waals surface area contributed by atoms with Gasteiger partial charge < -0.3 is 14.7 Å². The van der Waals surface area contributed by atoms with Crippen LogP contribution in [0.25, 0.3) is 0 Å². The second kappa shape index (κ2) is 6.57. The van der Waals surface area contributed by atoms with Gasteiger partial charge in [-0.1, -0.05) is 18.2 Å². The van der Waals surface area contributed by atoms with E-state index in [0.717, 1.165) is 31.6 Å². The fourth-order valence-electron chi connectivity index (χ4n) is 2.56. The summed E-state index contributed by atoms with van der Waals surface area (Å²) in [5, 5.41) is 10.2. The highest BCUT2D eigenvalue weighted by Crippen LogP contribution is 2.20. The van der Waals surface area contributed by atoms with Gasteiger partial charge in [-0.25, -0.2) is 0 Å². The Morgan fingerprint density at radius 3 is 2.84 bits per heavy atom. The zero-order valence-electron chi connectivity index (χ0n) is 11.3. The molecule has 0 saturated carbocycles. The van der Waals surface area contributed by atoms with Crippen LogP contribution in [0.5, 0.6) is 5.75 Å². The summed E-state index contributed by atoms with van der Waals surface area (Å²) < 4.78 is 5.56. The molecule has 19 heavy (non-hydrogen) atoms. The molecule has 0 bridgehead atoms. The van der Waals surface area contributed by atoms with Crippen molar-refractivity contribution in [2.24, 2.45) is 0 Å². The van der Waals surface area contributed by atoms with Gasteiger partial charge in [0.2, 0.25) is 5.91 Å². The molecule has 1 aliphatic rings. The molecule has 1 N–H and O–H groups in total. The number of carbonyl (C=O) groups is 1. The largest absolute Gasteiger partial charge is 0.491 e. The highest BCUT2D eigenvalue weighted by molar-refractivity contribution is 5.73. The summed E-state index contributed by atoms with van der Waals surface area (Å²) in [6.45, 7) is 2.52. The van der Waals surface area contributed by atoms with Crippen LogP contribution in [0.3, 0.4) is 0 Å². The van der Waals surface area contributed by atoms with Crippen LogP contribution in [0, 0.1) is 0 Å². The summed E-state index contributed by atoms with van der Waals surface area (Å²) in [5.74, 6) is 0.773. The zero-order chi connectivity index (χ0) is 13.7. The molecule has 1 aliphatic heterocycles. The number of amides is 1. The lowest BCUT2D eigenvalue weighted by Gasteiger charge is -2.37. The first-order valence-electron chi connectivity index (χ1n) is 6.81. The fourth-order valence-corrected chi connectivity index (χ4v) is 2.56. The number of hydrogen-bond donors (Lipinski definition) is 1. The zero-order valence-corrected chi connectivity index (χ0v) is 11.3. The van der Waals surface area contributed by atoms with Crippen molar-refractivity contribution in [3.63, 3.8) is 0 Å². The second-order valence-electron chi connectivity index (χ2n) is 4.97. The van der Waals surface area contributed by atoms with E-state index in [1.165, 1.54) is 0 Å². The maximum absolute atomic E-state index is 11.6. The maximum atomic E-state index is 11.6. The molecule has 4 heteroatoms. The molecule has 1 saturated heterocycles. The Hall–Kier alpha value is -1.55. The molecule has 4 nitrogen and oxygen atoms in total. The van der Waals surface area contributed by atoms with Crippen LogP contribution in [-0.2, 0) is 4.79 Å². The summed E-state index contributed by atoms with van der Waals surface area (Å²) in [6, 6.07) is 9.30. The van der Waals surface area contributed by atoms with Crippen LogP contribution < -0.4 is 4.74 Å². The highest BCUT2D eigenvalue weighted by Gasteiger charge is 2.30. The third-order valence-corrected chi connectivity index (χ3v) is 3.56. The van der Waals surface area contributed by atoms with Gasteiger partial charge in [-0.2, -0.15) is 0 Å². The fraction of sp³-hybridized carbons (Fsp3) is 0.533. The molecule has 0 spiro atoms. The molecule has 1 aromatic rings. The molecule has 0 aliphatic carbocycles. The van der Waals surface area contributed by atoms with Gasteiger partial charge in [0, 0.05) is 13.5 Å². The van der Waals surface area contributed by atoms with Crippen molar-refractivity contribution in [3.05, 3.63) is 30.3 Å². The van der Waals surface area contributed by atoms with Crippen LogP contribution in [-0.4, -0.2) is 41.2 Å². The number of aliphatic hydroxyl groups excluding tert-OH is 1. The van der Waals surface area contributed by atoms with E-state index in [0.29, 0.717) is 0 Å². The molecule has 2 atom stereocenters. The van der Waals surface area contributed by atoms with Crippen LogP contribution >= 0.6 is 0 Å². The summed E-state index contributed by atoms with van der Waals surface area (Å²) >= 11 is 0. The van der Waals surface area contributed by atoms with Crippen molar-refractivity contribution in [1.29, 1.82) is 0 Å². The van der Waals surface area contributed by atoms with Crippen molar-refractivity contribution in [2.45, 2.75) is 38.3 Å². The normalized spacial score (nSPS) is 20.9. The quantitative estimate of drug-likeness (QED) is 0.901. The Bertz CT molecular complexity index is 407. The Morgan fingerprint density at radius 1 is 1.42 bits per heavy atom. The van der Waals surface area contributed by atoms with E-state index in [1.807, 2.05) is 30.3 Å².